The Morgan fingerprint density at radius 1 is 0.977 bits per heavy atom. The molecule has 1 aliphatic carbocycles. The van der Waals surface area contributed by atoms with Crippen LogP contribution in [0.4, 0.5) is 8.78 Å². The van der Waals surface area contributed by atoms with Gasteiger partial charge in [-0.25, -0.2) is 23.5 Å². The maximum Gasteiger partial charge on any atom is 0.337 e. The Labute approximate surface area is 252 Å². The van der Waals surface area contributed by atoms with Crippen molar-refractivity contribution in [2.75, 3.05) is 20.8 Å². The van der Waals surface area contributed by atoms with Crippen LogP contribution in [-0.4, -0.2) is 41.3 Å². The first-order chi connectivity index (χ1) is 21.3. The zero-order valence-corrected chi connectivity index (χ0v) is 24.1. The van der Waals surface area contributed by atoms with Crippen molar-refractivity contribution in [1.29, 1.82) is 5.26 Å². The lowest BCUT2D eigenvalue weighted by Crippen LogP contribution is -2.25. The summed E-state index contributed by atoms with van der Waals surface area (Å²) in [6.07, 6.45) is 1.99. The van der Waals surface area contributed by atoms with Crippen LogP contribution in [0.25, 0.3) is 22.3 Å². The molecule has 0 unspecified atom stereocenters. The zero-order valence-electron chi connectivity index (χ0n) is 24.1. The molecule has 1 fully saturated rings. The predicted molar refractivity (Wildman–Crippen MR) is 158 cm³/mol. The van der Waals surface area contributed by atoms with Crippen molar-refractivity contribution in [3.63, 3.8) is 0 Å². The second-order valence-electron chi connectivity index (χ2n) is 10.8. The van der Waals surface area contributed by atoms with Crippen LogP contribution in [0, 0.1) is 23.0 Å². The first kappa shape index (κ1) is 29.0. The summed E-state index contributed by atoms with van der Waals surface area (Å²) in [5.74, 6) is -0.467. The molecule has 0 spiro atoms. The topological polar surface area (TPSA) is 99.3 Å². The van der Waals surface area contributed by atoms with Gasteiger partial charge in [-0.05, 0) is 60.9 Å². The Kier molecular flexibility index (Phi) is 7.80. The largest absolute Gasteiger partial charge is 0.473 e. The summed E-state index contributed by atoms with van der Waals surface area (Å²) < 4.78 is 48.1. The molecule has 6 rings (SSSR count). The van der Waals surface area contributed by atoms with E-state index in [1.807, 2.05) is 6.07 Å². The molecular formula is C34H28F2N4O4. The van der Waals surface area contributed by atoms with Crippen LogP contribution >= 0.6 is 0 Å². The first-order valence-corrected chi connectivity index (χ1v) is 14.0. The van der Waals surface area contributed by atoms with Gasteiger partial charge in [0.25, 0.3) is 0 Å². The summed E-state index contributed by atoms with van der Waals surface area (Å²) in [6, 6.07) is 21.3. The van der Waals surface area contributed by atoms with Gasteiger partial charge in [0.2, 0.25) is 5.88 Å². The normalized spacial score (nSPS) is 13.4. The molecule has 0 amide bonds. The van der Waals surface area contributed by atoms with Crippen LogP contribution in [0.2, 0.25) is 0 Å². The minimum Gasteiger partial charge on any atom is -0.473 e. The molecule has 0 aliphatic heterocycles. The summed E-state index contributed by atoms with van der Waals surface area (Å²) in [5.41, 5.74) is 3.59. The van der Waals surface area contributed by atoms with E-state index < -0.39 is 17.6 Å². The number of carbonyl (C=O) groups is 1. The van der Waals surface area contributed by atoms with Gasteiger partial charge in [-0.1, -0.05) is 24.3 Å². The van der Waals surface area contributed by atoms with E-state index in [0.29, 0.717) is 40.3 Å². The quantitative estimate of drug-likeness (QED) is 0.174. The van der Waals surface area contributed by atoms with Gasteiger partial charge in [0, 0.05) is 30.7 Å². The third-order valence-electron chi connectivity index (χ3n) is 7.84. The highest BCUT2D eigenvalue weighted by Crippen LogP contribution is 2.47. The molecule has 2 aromatic heterocycles. The van der Waals surface area contributed by atoms with Crippen LogP contribution in [0.15, 0.2) is 72.8 Å². The third-order valence-corrected chi connectivity index (χ3v) is 7.84. The summed E-state index contributed by atoms with van der Waals surface area (Å²) in [7, 11) is 2.99. The number of hydrogen-bond acceptors (Lipinski definition) is 7. The average molecular weight is 595 g/mol. The van der Waals surface area contributed by atoms with Crippen molar-refractivity contribution >= 4 is 17.0 Å². The van der Waals surface area contributed by atoms with Crippen molar-refractivity contribution in [3.8, 4) is 23.2 Å². The lowest BCUT2D eigenvalue weighted by Gasteiger charge is -2.21. The molecule has 0 radical (unpaired) electrons. The number of benzene rings is 3. The molecule has 10 heteroatoms. The maximum absolute atomic E-state index is 15.6. The van der Waals surface area contributed by atoms with Gasteiger partial charge in [-0.15, -0.1) is 0 Å². The molecule has 0 bridgehead atoms. The fourth-order valence-corrected chi connectivity index (χ4v) is 5.43. The first-order valence-electron chi connectivity index (χ1n) is 14.0. The molecule has 222 valence electrons. The van der Waals surface area contributed by atoms with Crippen LogP contribution in [0.3, 0.4) is 0 Å². The van der Waals surface area contributed by atoms with Crippen molar-refractivity contribution in [3.05, 3.63) is 113 Å². The monoisotopic (exact) mass is 594 g/mol. The number of ether oxygens (including phenoxy) is 3. The fourth-order valence-electron chi connectivity index (χ4n) is 5.43. The van der Waals surface area contributed by atoms with Gasteiger partial charge in [-0.3, -0.25) is 0 Å². The minimum absolute atomic E-state index is 0.0754. The maximum atomic E-state index is 15.6. The average Bonchev–Trinajstić information content (AvgIpc) is 3.72. The number of hydrogen-bond donors (Lipinski definition) is 0. The lowest BCUT2D eigenvalue weighted by molar-refractivity contribution is 0.0601. The molecule has 5 aromatic rings. The van der Waals surface area contributed by atoms with Gasteiger partial charge < -0.3 is 18.8 Å². The SMILES string of the molecule is COCC1(n2c(Cc3ccc(-c4cccc(OCc5ccc(C#N)cc5F)n4)cc3F)nc3ccc(C(=O)OC)cc32)CC1. The number of aromatic nitrogens is 3. The third kappa shape index (κ3) is 5.62. The molecule has 0 atom stereocenters. The number of carbonyl (C=O) groups excluding carboxylic acids is 1. The number of pyridine rings is 1. The smallest absolute Gasteiger partial charge is 0.337 e. The van der Waals surface area contributed by atoms with Crippen LogP contribution in [-0.2, 0) is 28.0 Å². The standard InChI is InChI=1S/C34H28F2N4O4/c1-42-20-34(12-13-34)40-30-16-24(33(41)43-2)10-11-29(30)38-31(40)17-22-8-9-23(15-27(22)36)28-4-3-5-32(39-28)44-19-25-7-6-21(18-37)14-26(25)35/h3-11,14-16H,12-13,17,19-20H2,1-2H3. The van der Waals surface area contributed by atoms with Crippen LogP contribution in [0.1, 0.15) is 45.7 Å². The Balaban J connectivity index is 1.26. The van der Waals surface area contributed by atoms with Crippen molar-refractivity contribution in [2.24, 2.45) is 0 Å². The van der Waals surface area contributed by atoms with E-state index in [9.17, 15) is 9.18 Å². The molecular weight excluding hydrogens is 566 g/mol. The fraction of sp³-hybridized carbons (Fsp3) is 0.235. The molecule has 1 saturated carbocycles. The summed E-state index contributed by atoms with van der Waals surface area (Å²) in [5, 5.41) is 8.93. The van der Waals surface area contributed by atoms with E-state index in [-0.39, 0.29) is 35.6 Å². The molecule has 2 heterocycles. The number of halogens is 2. The predicted octanol–water partition coefficient (Wildman–Crippen LogP) is 6.34. The molecule has 1 aliphatic rings. The van der Waals surface area contributed by atoms with Crippen molar-refractivity contribution < 1.29 is 27.8 Å². The Hall–Kier alpha value is -5.14. The second kappa shape index (κ2) is 11.9. The highest BCUT2D eigenvalue weighted by Gasteiger charge is 2.47. The number of methoxy groups -OCH3 is 2. The van der Waals surface area contributed by atoms with E-state index in [1.54, 1.807) is 55.6 Å². The molecule has 3 aromatic carbocycles. The van der Waals surface area contributed by atoms with Gasteiger partial charge in [0.05, 0.1) is 53.2 Å². The van der Waals surface area contributed by atoms with E-state index >= 15 is 4.39 Å². The van der Waals surface area contributed by atoms with Gasteiger partial charge in [-0.2, -0.15) is 5.26 Å². The van der Waals surface area contributed by atoms with E-state index in [4.69, 9.17) is 24.5 Å². The molecule has 0 saturated heterocycles. The molecule has 0 N–H and O–H groups in total. The number of esters is 1. The summed E-state index contributed by atoms with van der Waals surface area (Å²) >= 11 is 0. The zero-order chi connectivity index (χ0) is 30.8. The Morgan fingerprint density at radius 3 is 2.48 bits per heavy atom. The molecule has 44 heavy (non-hydrogen) atoms. The minimum atomic E-state index is -0.537. The van der Waals surface area contributed by atoms with Gasteiger partial charge in [0.1, 0.15) is 24.1 Å². The lowest BCUT2D eigenvalue weighted by atomic mass is 10.0. The summed E-state index contributed by atoms with van der Waals surface area (Å²) in [4.78, 5) is 21.6. The number of imidazole rings is 1. The number of rotatable bonds is 10. The second-order valence-corrected chi connectivity index (χ2v) is 10.8. The number of fused-ring (bicyclic) bond motifs is 1. The van der Waals surface area contributed by atoms with Gasteiger partial charge >= 0.3 is 5.97 Å². The van der Waals surface area contributed by atoms with Crippen molar-refractivity contribution in [2.45, 2.75) is 31.4 Å². The number of nitrogens with zero attached hydrogens (tertiary/aromatic N) is 4. The van der Waals surface area contributed by atoms with Crippen LogP contribution in [0.5, 0.6) is 5.88 Å². The van der Waals surface area contributed by atoms with E-state index in [2.05, 4.69) is 9.55 Å². The van der Waals surface area contributed by atoms with Gasteiger partial charge in [0.15, 0.2) is 0 Å². The summed E-state index contributed by atoms with van der Waals surface area (Å²) in [6.45, 7) is 0.394. The van der Waals surface area contributed by atoms with Crippen molar-refractivity contribution in [1.82, 2.24) is 14.5 Å². The Morgan fingerprint density at radius 2 is 1.77 bits per heavy atom. The highest BCUT2D eigenvalue weighted by molar-refractivity contribution is 5.94. The van der Waals surface area contributed by atoms with E-state index in [0.717, 1.165) is 24.4 Å². The van der Waals surface area contributed by atoms with Crippen LogP contribution < -0.4 is 4.74 Å². The van der Waals surface area contributed by atoms with E-state index in [1.165, 1.54) is 25.3 Å². The Bertz CT molecular complexity index is 1930. The molecule has 8 nitrogen and oxygen atoms in total. The number of nitriles is 1. The highest BCUT2D eigenvalue weighted by atomic mass is 19.1.